The number of carbonyl (C=O) groups excluding carboxylic acids is 1. The van der Waals surface area contributed by atoms with Crippen LogP contribution >= 0.6 is 0 Å². The maximum Gasteiger partial charge on any atom is 0.249 e. The first-order valence-electron chi connectivity index (χ1n) is 5.98. The monoisotopic (exact) mass is 239 g/mol. The van der Waals surface area contributed by atoms with E-state index in [1.54, 1.807) is 0 Å². The third-order valence-corrected chi connectivity index (χ3v) is 3.49. The molecule has 0 bridgehead atoms. The van der Waals surface area contributed by atoms with Crippen molar-refractivity contribution in [1.82, 2.24) is 0 Å². The average molecular weight is 239 g/mol. The molecule has 2 nitrogen and oxygen atoms in total. The highest BCUT2D eigenvalue weighted by Gasteiger charge is 2.16. The number of hydrogen-bond acceptors (Lipinski definition) is 1. The number of benzene rings is 2. The summed E-state index contributed by atoms with van der Waals surface area (Å²) in [5.41, 5.74) is 11.4. The normalized spacial score (nSPS) is 10.4. The molecule has 0 heterocycles. The Morgan fingerprint density at radius 1 is 1.00 bits per heavy atom. The van der Waals surface area contributed by atoms with Crippen molar-refractivity contribution in [2.24, 2.45) is 5.73 Å². The number of hydrogen-bond donors (Lipinski definition) is 1. The lowest BCUT2D eigenvalue weighted by atomic mass is 9.90. The minimum atomic E-state index is -0.366. The number of nitrogens with two attached hydrogens (primary N) is 1. The molecule has 18 heavy (non-hydrogen) atoms. The second-order valence-corrected chi connectivity index (χ2v) is 4.60. The van der Waals surface area contributed by atoms with Crippen LogP contribution in [0.2, 0.25) is 0 Å². The number of carbonyl (C=O) groups is 1. The van der Waals surface area contributed by atoms with Crippen LogP contribution in [0, 0.1) is 20.8 Å². The van der Waals surface area contributed by atoms with Gasteiger partial charge in [0, 0.05) is 0 Å². The van der Waals surface area contributed by atoms with Gasteiger partial charge in [0.15, 0.2) is 0 Å². The Labute approximate surface area is 107 Å². The SMILES string of the molecule is Cc1cc(-c2ccccc2)c(C(N)=O)c(C)c1C. The molecule has 1 amide bonds. The van der Waals surface area contributed by atoms with Crippen LogP contribution in [0.1, 0.15) is 27.0 Å². The van der Waals surface area contributed by atoms with E-state index in [0.717, 1.165) is 22.3 Å². The summed E-state index contributed by atoms with van der Waals surface area (Å²) < 4.78 is 0. The van der Waals surface area contributed by atoms with Gasteiger partial charge in [-0.3, -0.25) is 4.79 Å². The third kappa shape index (κ3) is 2.02. The Balaban J connectivity index is 2.78. The van der Waals surface area contributed by atoms with Crippen LogP contribution < -0.4 is 5.73 Å². The molecule has 0 saturated heterocycles. The topological polar surface area (TPSA) is 43.1 Å². The molecule has 0 aliphatic rings. The van der Waals surface area contributed by atoms with E-state index in [1.807, 2.05) is 50.2 Å². The standard InChI is InChI=1S/C16H17NO/c1-10-9-14(13-7-5-4-6-8-13)15(16(17)18)12(3)11(10)2/h4-9H,1-3H3,(H2,17,18). The summed E-state index contributed by atoms with van der Waals surface area (Å²) in [5.74, 6) is -0.366. The van der Waals surface area contributed by atoms with E-state index < -0.39 is 0 Å². The lowest BCUT2D eigenvalue weighted by molar-refractivity contribution is 0.100. The van der Waals surface area contributed by atoms with Crippen LogP contribution in [0.5, 0.6) is 0 Å². The fraction of sp³-hybridized carbons (Fsp3) is 0.188. The number of primary amides is 1. The average Bonchev–Trinajstić information content (AvgIpc) is 2.36. The summed E-state index contributed by atoms with van der Waals surface area (Å²) in [6.07, 6.45) is 0. The van der Waals surface area contributed by atoms with E-state index in [9.17, 15) is 4.79 Å². The van der Waals surface area contributed by atoms with Gasteiger partial charge in [-0.1, -0.05) is 36.4 Å². The zero-order valence-electron chi connectivity index (χ0n) is 10.9. The Morgan fingerprint density at radius 2 is 1.61 bits per heavy atom. The molecule has 0 unspecified atom stereocenters. The van der Waals surface area contributed by atoms with Gasteiger partial charge in [0.2, 0.25) is 5.91 Å². The van der Waals surface area contributed by atoms with E-state index >= 15 is 0 Å². The van der Waals surface area contributed by atoms with Crippen LogP contribution in [-0.2, 0) is 0 Å². The summed E-state index contributed by atoms with van der Waals surface area (Å²) in [6, 6.07) is 11.9. The molecular formula is C16H17NO. The van der Waals surface area contributed by atoms with E-state index in [-0.39, 0.29) is 5.91 Å². The lowest BCUT2D eigenvalue weighted by Gasteiger charge is -2.15. The molecule has 2 aromatic rings. The van der Waals surface area contributed by atoms with Crippen molar-refractivity contribution in [2.45, 2.75) is 20.8 Å². The van der Waals surface area contributed by atoms with Crippen molar-refractivity contribution in [3.8, 4) is 11.1 Å². The first kappa shape index (κ1) is 12.4. The molecule has 0 spiro atoms. The van der Waals surface area contributed by atoms with Gasteiger partial charge in [-0.15, -0.1) is 0 Å². The molecule has 0 fully saturated rings. The Morgan fingerprint density at radius 3 is 2.17 bits per heavy atom. The van der Waals surface area contributed by atoms with Gasteiger partial charge in [0.1, 0.15) is 0 Å². The van der Waals surface area contributed by atoms with E-state index in [0.29, 0.717) is 5.56 Å². The number of rotatable bonds is 2. The molecule has 0 saturated carbocycles. The summed E-state index contributed by atoms with van der Waals surface area (Å²) in [7, 11) is 0. The molecule has 0 radical (unpaired) electrons. The molecule has 0 atom stereocenters. The molecule has 2 N–H and O–H groups in total. The van der Waals surface area contributed by atoms with E-state index in [4.69, 9.17) is 5.73 Å². The maximum atomic E-state index is 11.7. The van der Waals surface area contributed by atoms with Gasteiger partial charge in [-0.25, -0.2) is 0 Å². The zero-order valence-corrected chi connectivity index (χ0v) is 10.9. The Bertz CT molecular complexity index is 600. The summed E-state index contributed by atoms with van der Waals surface area (Å²) in [4.78, 5) is 11.7. The largest absolute Gasteiger partial charge is 0.366 e. The molecule has 2 rings (SSSR count). The molecule has 92 valence electrons. The summed E-state index contributed by atoms with van der Waals surface area (Å²) >= 11 is 0. The molecule has 0 aromatic heterocycles. The molecule has 0 aliphatic carbocycles. The van der Waals surface area contributed by atoms with Crippen molar-refractivity contribution in [3.63, 3.8) is 0 Å². The van der Waals surface area contributed by atoms with Crippen LogP contribution in [0.15, 0.2) is 36.4 Å². The Kier molecular flexibility index (Phi) is 3.19. The van der Waals surface area contributed by atoms with Crippen molar-refractivity contribution in [3.05, 3.63) is 58.7 Å². The summed E-state index contributed by atoms with van der Waals surface area (Å²) in [6.45, 7) is 6.03. The smallest absolute Gasteiger partial charge is 0.249 e. The van der Waals surface area contributed by atoms with Gasteiger partial charge in [-0.05, 0) is 48.6 Å². The van der Waals surface area contributed by atoms with Crippen LogP contribution in [0.3, 0.4) is 0 Å². The van der Waals surface area contributed by atoms with Gasteiger partial charge >= 0.3 is 0 Å². The minimum absolute atomic E-state index is 0.366. The fourth-order valence-corrected chi connectivity index (χ4v) is 2.25. The molecule has 0 aliphatic heterocycles. The van der Waals surface area contributed by atoms with Crippen molar-refractivity contribution >= 4 is 5.91 Å². The van der Waals surface area contributed by atoms with Crippen molar-refractivity contribution < 1.29 is 4.79 Å². The highest BCUT2D eigenvalue weighted by atomic mass is 16.1. The highest BCUT2D eigenvalue weighted by Crippen LogP contribution is 2.29. The Hall–Kier alpha value is -2.09. The van der Waals surface area contributed by atoms with Gasteiger partial charge in [0.05, 0.1) is 5.56 Å². The molecule has 2 aromatic carbocycles. The van der Waals surface area contributed by atoms with Crippen LogP contribution in [-0.4, -0.2) is 5.91 Å². The van der Waals surface area contributed by atoms with Gasteiger partial charge in [0.25, 0.3) is 0 Å². The first-order chi connectivity index (χ1) is 8.52. The second-order valence-electron chi connectivity index (χ2n) is 4.60. The molecule has 2 heteroatoms. The predicted octanol–water partition coefficient (Wildman–Crippen LogP) is 3.38. The predicted molar refractivity (Wildman–Crippen MR) is 74.6 cm³/mol. The highest BCUT2D eigenvalue weighted by molar-refractivity contribution is 6.01. The van der Waals surface area contributed by atoms with Gasteiger partial charge in [-0.2, -0.15) is 0 Å². The van der Waals surface area contributed by atoms with Crippen LogP contribution in [0.4, 0.5) is 0 Å². The van der Waals surface area contributed by atoms with E-state index in [2.05, 4.69) is 6.92 Å². The molecular weight excluding hydrogens is 222 g/mol. The van der Waals surface area contributed by atoms with E-state index in [1.165, 1.54) is 5.56 Å². The third-order valence-electron chi connectivity index (χ3n) is 3.49. The van der Waals surface area contributed by atoms with Crippen molar-refractivity contribution in [2.75, 3.05) is 0 Å². The fourth-order valence-electron chi connectivity index (χ4n) is 2.25. The quantitative estimate of drug-likeness (QED) is 0.857. The number of amides is 1. The lowest BCUT2D eigenvalue weighted by Crippen LogP contribution is -2.15. The van der Waals surface area contributed by atoms with Gasteiger partial charge < -0.3 is 5.73 Å². The van der Waals surface area contributed by atoms with Crippen LogP contribution in [0.25, 0.3) is 11.1 Å². The minimum Gasteiger partial charge on any atom is -0.366 e. The second kappa shape index (κ2) is 4.65. The number of aryl methyl sites for hydroxylation is 1. The first-order valence-corrected chi connectivity index (χ1v) is 5.98. The zero-order chi connectivity index (χ0) is 13.3. The van der Waals surface area contributed by atoms with Crippen molar-refractivity contribution in [1.29, 1.82) is 0 Å². The maximum absolute atomic E-state index is 11.7. The summed E-state index contributed by atoms with van der Waals surface area (Å²) in [5, 5.41) is 0.